The average Bonchev–Trinajstić information content (AvgIpc) is 2.88. The van der Waals surface area contributed by atoms with Crippen molar-refractivity contribution >= 4 is 34.0 Å². The highest BCUT2D eigenvalue weighted by molar-refractivity contribution is 7.71. The SMILES string of the molecule is CCCCCCCCCC1CCC(c2ccc3c(c2)c(=S)oc2c(F)c(CCCC)ccc23)CC1. The molecule has 0 saturated heterocycles. The Hall–Kier alpha value is -1.74. The summed E-state index contributed by atoms with van der Waals surface area (Å²) in [5.74, 6) is 1.26. The van der Waals surface area contributed by atoms with Gasteiger partial charge in [-0.3, -0.25) is 0 Å². The van der Waals surface area contributed by atoms with Crippen molar-refractivity contribution in [1.82, 2.24) is 0 Å². The van der Waals surface area contributed by atoms with Gasteiger partial charge in [0.15, 0.2) is 16.1 Å². The fourth-order valence-corrected chi connectivity index (χ4v) is 6.26. The first-order chi connectivity index (χ1) is 17.1. The third-order valence-corrected chi connectivity index (χ3v) is 8.56. The summed E-state index contributed by atoms with van der Waals surface area (Å²) >= 11 is 5.61. The van der Waals surface area contributed by atoms with Gasteiger partial charge in [-0.2, -0.15) is 0 Å². The monoisotopic (exact) mass is 494 g/mol. The number of benzene rings is 2. The third-order valence-electron chi connectivity index (χ3n) is 8.26. The average molecular weight is 495 g/mol. The summed E-state index contributed by atoms with van der Waals surface area (Å²) in [4.78, 5) is 0. The summed E-state index contributed by atoms with van der Waals surface area (Å²) in [6.45, 7) is 4.41. The predicted octanol–water partition coefficient (Wildman–Crippen LogP) is 11.2. The molecule has 1 nitrogen and oxygen atoms in total. The van der Waals surface area contributed by atoms with Crippen molar-refractivity contribution in [3.8, 4) is 0 Å². The molecule has 1 fully saturated rings. The largest absolute Gasteiger partial charge is 0.441 e. The minimum absolute atomic E-state index is 0.243. The maximum atomic E-state index is 15.1. The van der Waals surface area contributed by atoms with Crippen LogP contribution in [0.3, 0.4) is 0 Å². The van der Waals surface area contributed by atoms with Gasteiger partial charge in [0, 0.05) is 10.8 Å². The second-order valence-corrected chi connectivity index (χ2v) is 11.2. The predicted molar refractivity (Wildman–Crippen MR) is 150 cm³/mol. The molecule has 0 spiro atoms. The summed E-state index contributed by atoms with van der Waals surface area (Å²) in [5, 5.41) is 2.79. The molecule has 0 amide bonds. The first-order valence-corrected chi connectivity index (χ1v) is 14.7. The van der Waals surface area contributed by atoms with Crippen LogP contribution in [-0.4, -0.2) is 0 Å². The summed E-state index contributed by atoms with van der Waals surface area (Å²) in [6.07, 6.45) is 19.2. The molecule has 190 valence electrons. The van der Waals surface area contributed by atoms with Gasteiger partial charge in [0.05, 0.1) is 0 Å². The Bertz CT molecular complexity index is 1160. The van der Waals surface area contributed by atoms with Crippen LogP contribution in [0.4, 0.5) is 4.39 Å². The van der Waals surface area contributed by atoms with Gasteiger partial charge in [-0.25, -0.2) is 4.39 Å². The second-order valence-electron chi connectivity index (χ2n) is 10.8. The maximum Gasteiger partial charge on any atom is 0.198 e. The van der Waals surface area contributed by atoms with Crippen molar-refractivity contribution in [2.75, 3.05) is 0 Å². The molecule has 2 aromatic carbocycles. The number of hydrogen-bond donors (Lipinski definition) is 0. The van der Waals surface area contributed by atoms with Crippen LogP contribution in [0.15, 0.2) is 34.7 Å². The van der Waals surface area contributed by atoms with Crippen molar-refractivity contribution < 1.29 is 8.81 Å². The molecule has 0 unspecified atom stereocenters. The molecule has 0 N–H and O–H groups in total. The summed E-state index contributed by atoms with van der Waals surface area (Å²) in [5.41, 5.74) is 2.41. The number of halogens is 1. The summed E-state index contributed by atoms with van der Waals surface area (Å²) in [6, 6.07) is 10.6. The number of aryl methyl sites for hydroxylation is 1. The van der Waals surface area contributed by atoms with Crippen LogP contribution in [-0.2, 0) is 6.42 Å². The molecule has 0 bridgehead atoms. The fraction of sp³-hybridized carbons (Fsp3) is 0.594. The molecular formula is C32H43FOS. The number of fused-ring (bicyclic) bond motifs is 3. The van der Waals surface area contributed by atoms with Crippen LogP contribution in [0.1, 0.15) is 121 Å². The lowest BCUT2D eigenvalue weighted by molar-refractivity contribution is 0.302. The van der Waals surface area contributed by atoms with E-state index in [0.29, 0.717) is 16.2 Å². The van der Waals surface area contributed by atoms with E-state index in [9.17, 15) is 0 Å². The zero-order chi connectivity index (χ0) is 24.6. The Morgan fingerprint density at radius 1 is 0.800 bits per heavy atom. The Morgan fingerprint density at radius 2 is 1.49 bits per heavy atom. The van der Waals surface area contributed by atoms with E-state index >= 15 is 4.39 Å². The zero-order valence-electron chi connectivity index (χ0n) is 21.8. The van der Waals surface area contributed by atoms with Gasteiger partial charge in [-0.05, 0) is 85.2 Å². The fourth-order valence-electron chi connectivity index (χ4n) is 6.01. The van der Waals surface area contributed by atoms with Gasteiger partial charge in [0.1, 0.15) is 0 Å². The molecule has 1 aromatic heterocycles. The van der Waals surface area contributed by atoms with E-state index in [1.165, 1.54) is 82.6 Å². The Labute approximate surface area is 216 Å². The first-order valence-electron chi connectivity index (χ1n) is 14.3. The van der Waals surface area contributed by atoms with Crippen LogP contribution in [0, 0.1) is 16.4 Å². The maximum absolute atomic E-state index is 15.1. The molecule has 1 aliphatic carbocycles. The molecular weight excluding hydrogens is 451 g/mol. The van der Waals surface area contributed by atoms with Crippen molar-refractivity contribution in [2.45, 2.75) is 116 Å². The van der Waals surface area contributed by atoms with Gasteiger partial charge >= 0.3 is 0 Å². The minimum Gasteiger partial charge on any atom is -0.441 e. The van der Waals surface area contributed by atoms with E-state index in [0.717, 1.165) is 46.9 Å². The number of unbranched alkanes of at least 4 members (excludes halogenated alkanes) is 7. The second kappa shape index (κ2) is 13.0. The molecule has 4 rings (SSSR count). The van der Waals surface area contributed by atoms with Gasteiger partial charge in [0.25, 0.3) is 0 Å². The molecule has 3 aromatic rings. The van der Waals surface area contributed by atoms with E-state index in [-0.39, 0.29) is 5.82 Å². The number of hydrogen-bond acceptors (Lipinski definition) is 2. The topological polar surface area (TPSA) is 13.1 Å². The van der Waals surface area contributed by atoms with Crippen LogP contribution in [0.5, 0.6) is 0 Å². The molecule has 0 radical (unpaired) electrons. The number of rotatable bonds is 12. The molecule has 1 heterocycles. The molecule has 0 atom stereocenters. The molecule has 1 aliphatic rings. The highest BCUT2D eigenvalue weighted by Gasteiger charge is 2.23. The smallest absolute Gasteiger partial charge is 0.198 e. The lowest BCUT2D eigenvalue weighted by atomic mass is 9.76. The van der Waals surface area contributed by atoms with E-state index in [4.69, 9.17) is 16.6 Å². The van der Waals surface area contributed by atoms with Gasteiger partial charge in [-0.1, -0.05) is 95.9 Å². The van der Waals surface area contributed by atoms with Crippen molar-refractivity contribution in [2.24, 2.45) is 5.92 Å². The Morgan fingerprint density at radius 3 is 2.23 bits per heavy atom. The minimum atomic E-state index is -0.243. The van der Waals surface area contributed by atoms with Gasteiger partial charge < -0.3 is 4.42 Å². The summed E-state index contributed by atoms with van der Waals surface area (Å²) < 4.78 is 21.5. The van der Waals surface area contributed by atoms with Gasteiger partial charge in [0.2, 0.25) is 0 Å². The van der Waals surface area contributed by atoms with Crippen molar-refractivity contribution in [3.05, 3.63) is 52.0 Å². The lowest BCUT2D eigenvalue weighted by Crippen LogP contribution is -2.13. The zero-order valence-corrected chi connectivity index (χ0v) is 22.7. The van der Waals surface area contributed by atoms with Crippen molar-refractivity contribution in [1.29, 1.82) is 0 Å². The quantitative estimate of drug-likeness (QED) is 0.141. The Balaban J connectivity index is 1.40. The third kappa shape index (κ3) is 6.53. The molecule has 0 aliphatic heterocycles. The van der Waals surface area contributed by atoms with E-state index in [2.05, 4.69) is 32.0 Å². The lowest BCUT2D eigenvalue weighted by Gasteiger charge is -2.29. The van der Waals surface area contributed by atoms with Gasteiger partial charge in [-0.15, -0.1) is 0 Å². The van der Waals surface area contributed by atoms with Crippen LogP contribution in [0.2, 0.25) is 0 Å². The highest BCUT2D eigenvalue weighted by atomic mass is 32.1. The highest BCUT2D eigenvalue weighted by Crippen LogP contribution is 2.40. The standard InChI is InChI=1S/C32H43FOS/c1-3-5-7-8-9-10-11-12-23-14-16-24(17-15-23)26-19-20-27-28-21-18-25(13-6-4-2)30(33)31(28)34-32(35)29(27)22-26/h18-24H,3-17H2,1-2H3. The van der Waals surface area contributed by atoms with Crippen LogP contribution >= 0.6 is 12.2 Å². The van der Waals surface area contributed by atoms with E-state index in [1.807, 2.05) is 12.1 Å². The molecule has 3 heteroatoms. The summed E-state index contributed by atoms with van der Waals surface area (Å²) in [7, 11) is 0. The Kier molecular flexibility index (Phi) is 9.77. The molecule has 1 saturated carbocycles. The first kappa shape index (κ1) is 26.3. The molecule has 35 heavy (non-hydrogen) atoms. The van der Waals surface area contributed by atoms with Crippen LogP contribution in [0.25, 0.3) is 21.7 Å². The normalized spacial score (nSPS) is 18.5. The van der Waals surface area contributed by atoms with E-state index in [1.54, 1.807) is 0 Å². The van der Waals surface area contributed by atoms with Crippen molar-refractivity contribution in [3.63, 3.8) is 0 Å². The van der Waals surface area contributed by atoms with E-state index < -0.39 is 0 Å². The van der Waals surface area contributed by atoms with Crippen LogP contribution < -0.4 is 0 Å².